The molecule has 4 rings (SSSR count). The van der Waals surface area contributed by atoms with Crippen LogP contribution in [0.5, 0.6) is 0 Å². The minimum atomic E-state index is -0.488. The predicted octanol–water partition coefficient (Wildman–Crippen LogP) is 5.22. The Morgan fingerprint density at radius 1 is 1.03 bits per heavy atom. The second kappa shape index (κ2) is 10.5. The Bertz CT molecular complexity index is 1310. The number of halogens is 1. The number of nitrogens with zero attached hydrogens (tertiary/aromatic N) is 3. The number of benzene rings is 2. The predicted molar refractivity (Wildman–Crippen MR) is 135 cm³/mol. The number of urea groups is 1. The average Bonchev–Trinajstić information content (AvgIpc) is 3.49. The van der Waals surface area contributed by atoms with E-state index in [4.69, 9.17) is 4.42 Å². The molecule has 9 heteroatoms. The van der Waals surface area contributed by atoms with E-state index in [1.165, 1.54) is 23.3 Å². The van der Waals surface area contributed by atoms with Crippen LogP contribution in [-0.4, -0.2) is 38.5 Å². The topological polar surface area (TPSA) is 92.4 Å². The molecule has 0 spiro atoms. The Kier molecular flexibility index (Phi) is 7.19. The lowest BCUT2D eigenvalue weighted by molar-refractivity contribution is -0.117. The lowest BCUT2D eigenvalue weighted by atomic mass is 10.1. The van der Waals surface area contributed by atoms with Crippen LogP contribution in [0.1, 0.15) is 26.5 Å². The van der Waals surface area contributed by atoms with E-state index in [0.717, 1.165) is 5.56 Å². The molecule has 0 atom stereocenters. The Morgan fingerprint density at radius 2 is 1.75 bits per heavy atom. The first-order valence-electron chi connectivity index (χ1n) is 11.5. The van der Waals surface area contributed by atoms with Gasteiger partial charge in [0.05, 0.1) is 18.5 Å². The third-order valence-electron chi connectivity index (χ3n) is 5.16. The molecule has 0 bridgehead atoms. The van der Waals surface area contributed by atoms with Crippen molar-refractivity contribution in [3.63, 3.8) is 0 Å². The molecule has 0 aliphatic carbocycles. The van der Waals surface area contributed by atoms with Crippen LogP contribution >= 0.6 is 0 Å². The third kappa shape index (κ3) is 6.38. The van der Waals surface area contributed by atoms with Gasteiger partial charge in [0.2, 0.25) is 11.9 Å². The summed E-state index contributed by atoms with van der Waals surface area (Å²) in [5.41, 5.74) is 1.63. The van der Waals surface area contributed by atoms with Crippen LogP contribution in [0.4, 0.5) is 15.1 Å². The second-order valence-corrected chi connectivity index (χ2v) is 9.33. The molecule has 3 amide bonds. The number of carbonyl (C=O) groups is 2. The van der Waals surface area contributed by atoms with E-state index < -0.39 is 17.5 Å². The average molecular weight is 490 g/mol. The maximum atomic E-state index is 13.5. The minimum absolute atomic E-state index is 0.115. The molecular weight excluding hydrogens is 461 g/mol. The summed E-state index contributed by atoms with van der Waals surface area (Å²) in [6.45, 7) is 5.46. The SMILES string of the molecule is CC(C)(C)NC(=O)N(CC(=O)Nc1nc(-c2ccccc2)cn1-c1ccc(F)cc1)Cc1ccco1. The number of rotatable bonds is 7. The molecule has 4 aromatic rings. The van der Waals surface area contributed by atoms with Crippen molar-refractivity contribution in [3.8, 4) is 16.9 Å². The highest BCUT2D eigenvalue weighted by atomic mass is 19.1. The zero-order valence-electron chi connectivity index (χ0n) is 20.4. The first kappa shape index (κ1) is 24.7. The van der Waals surface area contributed by atoms with Gasteiger partial charge in [-0.05, 0) is 57.2 Å². The van der Waals surface area contributed by atoms with Crippen molar-refractivity contribution >= 4 is 17.9 Å². The first-order valence-corrected chi connectivity index (χ1v) is 11.5. The number of hydrogen-bond acceptors (Lipinski definition) is 4. The highest BCUT2D eigenvalue weighted by Gasteiger charge is 2.24. The fourth-order valence-corrected chi connectivity index (χ4v) is 3.54. The van der Waals surface area contributed by atoms with Crippen LogP contribution in [0.3, 0.4) is 0 Å². The summed E-state index contributed by atoms with van der Waals surface area (Å²) in [4.78, 5) is 32.0. The van der Waals surface area contributed by atoms with Gasteiger partial charge in [-0.1, -0.05) is 30.3 Å². The van der Waals surface area contributed by atoms with Gasteiger partial charge in [-0.2, -0.15) is 0 Å². The summed E-state index contributed by atoms with van der Waals surface area (Å²) in [7, 11) is 0. The summed E-state index contributed by atoms with van der Waals surface area (Å²) in [5.74, 6) is -0.0176. The largest absolute Gasteiger partial charge is 0.467 e. The van der Waals surface area contributed by atoms with Gasteiger partial charge in [0.15, 0.2) is 0 Å². The molecule has 0 saturated heterocycles. The Morgan fingerprint density at radius 3 is 2.39 bits per heavy atom. The number of hydrogen-bond donors (Lipinski definition) is 2. The number of amides is 3. The van der Waals surface area contributed by atoms with Crippen molar-refractivity contribution in [1.29, 1.82) is 0 Å². The zero-order chi connectivity index (χ0) is 25.7. The third-order valence-corrected chi connectivity index (χ3v) is 5.16. The maximum Gasteiger partial charge on any atom is 0.318 e. The van der Waals surface area contributed by atoms with Gasteiger partial charge in [0.25, 0.3) is 0 Å². The number of carbonyl (C=O) groups excluding carboxylic acids is 2. The molecule has 0 fully saturated rings. The second-order valence-electron chi connectivity index (χ2n) is 9.33. The maximum absolute atomic E-state index is 13.5. The van der Waals surface area contributed by atoms with Crippen molar-refractivity contribution in [2.45, 2.75) is 32.9 Å². The fraction of sp³-hybridized carbons (Fsp3) is 0.222. The Labute approximate surface area is 208 Å². The zero-order valence-corrected chi connectivity index (χ0v) is 20.4. The molecule has 0 unspecified atom stereocenters. The molecule has 2 aromatic carbocycles. The van der Waals surface area contributed by atoms with Crippen LogP contribution in [0.15, 0.2) is 83.6 Å². The molecule has 36 heavy (non-hydrogen) atoms. The Balaban J connectivity index is 1.59. The highest BCUT2D eigenvalue weighted by molar-refractivity contribution is 5.93. The number of aromatic nitrogens is 2. The van der Waals surface area contributed by atoms with Crippen molar-refractivity contribution in [2.75, 3.05) is 11.9 Å². The van der Waals surface area contributed by atoms with Gasteiger partial charge in [0, 0.05) is 23.0 Å². The smallest absolute Gasteiger partial charge is 0.318 e. The van der Waals surface area contributed by atoms with Crippen LogP contribution < -0.4 is 10.6 Å². The van der Waals surface area contributed by atoms with Crippen molar-refractivity contribution < 1.29 is 18.4 Å². The number of furan rings is 1. The number of anilines is 1. The number of imidazole rings is 1. The normalized spacial score (nSPS) is 11.2. The van der Waals surface area contributed by atoms with E-state index in [2.05, 4.69) is 15.6 Å². The van der Waals surface area contributed by atoms with Crippen LogP contribution in [0.25, 0.3) is 16.9 Å². The summed E-state index contributed by atoms with van der Waals surface area (Å²) in [6, 6.07) is 18.4. The van der Waals surface area contributed by atoms with E-state index in [1.54, 1.807) is 35.0 Å². The van der Waals surface area contributed by atoms with Crippen LogP contribution in [0.2, 0.25) is 0 Å². The molecule has 0 saturated carbocycles. The van der Waals surface area contributed by atoms with E-state index in [1.807, 2.05) is 51.1 Å². The van der Waals surface area contributed by atoms with Crippen molar-refractivity contribution in [1.82, 2.24) is 19.8 Å². The molecule has 0 aliphatic rings. The molecular formula is C27H28FN5O3. The molecule has 2 N–H and O–H groups in total. The van der Waals surface area contributed by atoms with Crippen LogP contribution in [0, 0.1) is 5.82 Å². The minimum Gasteiger partial charge on any atom is -0.467 e. The van der Waals surface area contributed by atoms with Gasteiger partial charge >= 0.3 is 6.03 Å². The van der Waals surface area contributed by atoms with Crippen molar-refractivity contribution in [3.05, 3.63) is 90.8 Å². The van der Waals surface area contributed by atoms with E-state index in [0.29, 0.717) is 17.1 Å². The lowest BCUT2D eigenvalue weighted by Crippen LogP contribution is -2.50. The number of nitrogens with one attached hydrogen (secondary N) is 2. The quantitative estimate of drug-likeness (QED) is 0.372. The fourth-order valence-electron chi connectivity index (χ4n) is 3.54. The van der Waals surface area contributed by atoms with E-state index >= 15 is 0 Å². The van der Waals surface area contributed by atoms with E-state index in [-0.39, 0.29) is 24.9 Å². The molecule has 186 valence electrons. The summed E-state index contributed by atoms with van der Waals surface area (Å²) in [6.07, 6.45) is 3.28. The van der Waals surface area contributed by atoms with E-state index in [9.17, 15) is 14.0 Å². The molecule has 0 aliphatic heterocycles. The molecule has 2 aromatic heterocycles. The van der Waals surface area contributed by atoms with Gasteiger partial charge in [-0.3, -0.25) is 14.7 Å². The first-order chi connectivity index (χ1) is 17.2. The summed E-state index contributed by atoms with van der Waals surface area (Å²) in [5, 5.41) is 5.69. The molecule has 0 radical (unpaired) electrons. The van der Waals surface area contributed by atoms with Gasteiger partial charge in [-0.25, -0.2) is 14.2 Å². The highest BCUT2D eigenvalue weighted by Crippen LogP contribution is 2.24. The lowest BCUT2D eigenvalue weighted by Gasteiger charge is -2.27. The summed E-state index contributed by atoms with van der Waals surface area (Å²) < 4.78 is 20.6. The van der Waals surface area contributed by atoms with Gasteiger partial charge in [-0.15, -0.1) is 0 Å². The van der Waals surface area contributed by atoms with Gasteiger partial charge < -0.3 is 14.6 Å². The monoisotopic (exact) mass is 489 g/mol. The summed E-state index contributed by atoms with van der Waals surface area (Å²) >= 11 is 0. The standard InChI is InChI=1S/C27H28FN5O3/c1-27(2,3)31-26(35)32(16-22-10-7-15-36-22)18-24(34)30-25-29-23(19-8-5-4-6-9-19)17-33(25)21-13-11-20(28)12-14-21/h4-15,17H,16,18H2,1-3H3,(H,31,35)(H,29,30,34). The van der Waals surface area contributed by atoms with Gasteiger partial charge in [0.1, 0.15) is 18.1 Å². The van der Waals surface area contributed by atoms with Crippen molar-refractivity contribution in [2.24, 2.45) is 0 Å². The Hall–Kier alpha value is -4.40. The molecule has 2 heterocycles. The molecule has 8 nitrogen and oxygen atoms in total. The van der Waals surface area contributed by atoms with Crippen LogP contribution in [-0.2, 0) is 11.3 Å².